The lowest BCUT2D eigenvalue weighted by Crippen LogP contribution is -1.95. The van der Waals surface area contributed by atoms with Crippen molar-refractivity contribution >= 4 is 5.97 Å². The number of carboxylic acids is 1. The maximum atomic E-state index is 10.9. The van der Waals surface area contributed by atoms with E-state index in [9.17, 15) is 9.90 Å². The van der Waals surface area contributed by atoms with Crippen LogP contribution in [0.2, 0.25) is 0 Å². The summed E-state index contributed by atoms with van der Waals surface area (Å²) < 4.78 is 11.7. The van der Waals surface area contributed by atoms with Crippen LogP contribution >= 0.6 is 0 Å². The predicted octanol–water partition coefficient (Wildman–Crippen LogP) is 6.34. The average molecular weight is 398 g/mol. The molecule has 0 radical (unpaired) electrons. The fourth-order valence-electron chi connectivity index (χ4n) is 2.91. The van der Waals surface area contributed by atoms with Gasteiger partial charge in [-0.25, -0.2) is 4.79 Å². The van der Waals surface area contributed by atoms with E-state index < -0.39 is 5.97 Å². The van der Waals surface area contributed by atoms with Crippen LogP contribution in [-0.2, 0) is 0 Å². The number of aromatic carboxylic acids is 1. The van der Waals surface area contributed by atoms with Crippen molar-refractivity contribution in [2.45, 2.75) is 0 Å². The topological polar surface area (TPSA) is 76.0 Å². The van der Waals surface area contributed by atoms with E-state index in [1.807, 2.05) is 48.5 Å². The zero-order valence-electron chi connectivity index (χ0n) is 15.9. The van der Waals surface area contributed by atoms with Crippen molar-refractivity contribution in [3.63, 3.8) is 0 Å². The number of carbonyl (C=O) groups is 1. The maximum absolute atomic E-state index is 10.9. The molecule has 4 rings (SSSR count). The molecule has 2 N–H and O–H groups in total. The summed E-state index contributed by atoms with van der Waals surface area (Å²) in [6, 6.07) is 28.1. The molecular weight excluding hydrogens is 380 g/mol. The number of hydrogen-bond donors (Lipinski definition) is 2. The van der Waals surface area contributed by atoms with Gasteiger partial charge in [0.25, 0.3) is 0 Å². The molecule has 148 valence electrons. The zero-order chi connectivity index (χ0) is 20.9. The summed E-state index contributed by atoms with van der Waals surface area (Å²) in [6.45, 7) is 0. The second-order valence-electron chi connectivity index (χ2n) is 6.58. The molecule has 0 heterocycles. The van der Waals surface area contributed by atoms with Gasteiger partial charge >= 0.3 is 5.97 Å². The molecule has 0 unspecified atom stereocenters. The monoisotopic (exact) mass is 398 g/mol. The lowest BCUT2D eigenvalue weighted by Gasteiger charge is -2.10. The normalized spacial score (nSPS) is 10.4. The molecule has 0 aliphatic carbocycles. The first-order chi connectivity index (χ1) is 14.6. The summed E-state index contributed by atoms with van der Waals surface area (Å²) in [4.78, 5) is 10.9. The van der Waals surface area contributed by atoms with Crippen LogP contribution in [0.4, 0.5) is 0 Å². The Balaban J connectivity index is 1.45. The molecule has 0 saturated heterocycles. The molecular formula is C25H18O5. The highest BCUT2D eigenvalue weighted by molar-refractivity contribution is 5.87. The van der Waals surface area contributed by atoms with Crippen molar-refractivity contribution < 1.29 is 24.5 Å². The van der Waals surface area contributed by atoms with Crippen molar-refractivity contribution in [1.29, 1.82) is 0 Å². The Bertz CT molecular complexity index is 1150. The van der Waals surface area contributed by atoms with Gasteiger partial charge in [0.2, 0.25) is 0 Å². The molecule has 4 aromatic carbocycles. The number of phenols is 1. The fourth-order valence-corrected chi connectivity index (χ4v) is 2.91. The van der Waals surface area contributed by atoms with Crippen molar-refractivity contribution in [2.75, 3.05) is 0 Å². The van der Waals surface area contributed by atoms with E-state index in [4.69, 9.17) is 14.6 Å². The number of phenolic OH excluding ortho intramolecular Hbond substituents is 1. The highest BCUT2D eigenvalue weighted by Crippen LogP contribution is 2.30. The van der Waals surface area contributed by atoms with Crippen LogP contribution in [0.25, 0.3) is 11.1 Å². The third kappa shape index (κ3) is 4.59. The van der Waals surface area contributed by atoms with Gasteiger partial charge in [0, 0.05) is 6.07 Å². The number of ether oxygens (including phenoxy) is 2. The Morgan fingerprint density at radius 2 is 1.07 bits per heavy atom. The van der Waals surface area contributed by atoms with Gasteiger partial charge in [-0.05, 0) is 71.8 Å². The van der Waals surface area contributed by atoms with Gasteiger partial charge in [-0.15, -0.1) is 0 Å². The van der Waals surface area contributed by atoms with Gasteiger partial charge in [-0.3, -0.25) is 0 Å². The highest BCUT2D eigenvalue weighted by Gasteiger charge is 2.05. The van der Waals surface area contributed by atoms with Gasteiger partial charge in [0.15, 0.2) is 0 Å². The van der Waals surface area contributed by atoms with Crippen LogP contribution in [-0.4, -0.2) is 16.2 Å². The van der Waals surface area contributed by atoms with Crippen LogP contribution in [0, 0.1) is 0 Å². The van der Waals surface area contributed by atoms with E-state index in [2.05, 4.69) is 0 Å². The summed E-state index contributed by atoms with van der Waals surface area (Å²) in [5, 5.41) is 18.4. The lowest BCUT2D eigenvalue weighted by atomic mass is 10.1. The quantitative estimate of drug-likeness (QED) is 0.396. The summed E-state index contributed by atoms with van der Waals surface area (Å²) in [5.41, 5.74) is 2.23. The second kappa shape index (κ2) is 8.41. The van der Waals surface area contributed by atoms with E-state index in [-0.39, 0.29) is 11.3 Å². The third-order valence-corrected chi connectivity index (χ3v) is 4.43. The van der Waals surface area contributed by atoms with Crippen molar-refractivity contribution in [3.8, 4) is 39.9 Å². The summed E-state index contributed by atoms with van der Waals surface area (Å²) in [7, 11) is 0. The minimum absolute atomic E-state index is 0.204. The number of aromatic hydroxyl groups is 1. The van der Waals surface area contributed by atoms with Crippen molar-refractivity contribution in [3.05, 3.63) is 103 Å². The largest absolute Gasteiger partial charge is 0.508 e. The highest BCUT2D eigenvalue weighted by atomic mass is 16.5. The molecule has 0 aliphatic rings. The van der Waals surface area contributed by atoms with Gasteiger partial charge in [0.05, 0.1) is 5.56 Å². The van der Waals surface area contributed by atoms with Gasteiger partial charge < -0.3 is 19.7 Å². The second-order valence-corrected chi connectivity index (χ2v) is 6.58. The minimum Gasteiger partial charge on any atom is -0.508 e. The number of hydrogen-bond acceptors (Lipinski definition) is 4. The number of carboxylic acid groups (broad SMARTS) is 1. The number of benzene rings is 4. The molecule has 0 spiro atoms. The van der Waals surface area contributed by atoms with E-state index in [0.29, 0.717) is 23.0 Å². The fraction of sp³-hybridized carbons (Fsp3) is 0. The summed E-state index contributed by atoms with van der Waals surface area (Å²) in [6.07, 6.45) is 0. The van der Waals surface area contributed by atoms with Crippen LogP contribution in [0.1, 0.15) is 10.4 Å². The first-order valence-corrected chi connectivity index (χ1v) is 9.25. The first kappa shape index (κ1) is 19.1. The van der Waals surface area contributed by atoms with Gasteiger partial charge in [-0.2, -0.15) is 0 Å². The summed E-state index contributed by atoms with van der Waals surface area (Å²) >= 11 is 0. The molecule has 0 amide bonds. The third-order valence-electron chi connectivity index (χ3n) is 4.43. The molecule has 0 bridgehead atoms. The zero-order valence-corrected chi connectivity index (χ0v) is 15.9. The molecule has 0 saturated carbocycles. The van der Waals surface area contributed by atoms with Gasteiger partial charge in [0.1, 0.15) is 28.7 Å². The lowest BCUT2D eigenvalue weighted by molar-refractivity contribution is 0.0697. The Morgan fingerprint density at radius 1 is 0.600 bits per heavy atom. The van der Waals surface area contributed by atoms with E-state index in [1.165, 1.54) is 12.1 Å². The van der Waals surface area contributed by atoms with Crippen LogP contribution in [0.5, 0.6) is 28.7 Å². The Morgan fingerprint density at radius 3 is 1.57 bits per heavy atom. The van der Waals surface area contributed by atoms with E-state index in [0.717, 1.165) is 11.1 Å². The maximum Gasteiger partial charge on any atom is 0.335 e. The molecule has 0 atom stereocenters. The van der Waals surface area contributed by atoms with E-state index >= 15 is 0 Å². The molecule has 5 nitrogen and oxygen atoms in total. The molecule has 30 heavy (non-hydrogen) atoms. The Kier molecular flexibility index (Phi) is 5.35. The predicted molar refractivity (Wildman–Crippen MR) is 114 cm³/mol. The van der Waals surface area contributed by atoms with E-state index in [1.54, 1.807) is 36.4 Å². The van der Waals surface area contributed by atoms with Crippen LogP contribution < -0.4 is 9.47 Å². The van der Waals surface area contributed by atoms with Crippen LogP contribution in [0.15, 0.2) is 97.1 Å². The van der Waals surface area contributed by atoms with Crippen LogP contribution in [0.3, 0.4) is 0 Å². The molecule has 4 aromatic rings. The summed E-state index contributed by atoms with van der Waals surface area (Å²) in [5.74, 6) is 1.67. The minimum atomic E-state index is -0.978. The molecule has 0 aliphatic heterocycles. The smallest absolute Gasteiger partial charge is 0.335 e. The average Bonchev–Trinajstić information content (AvgIpc) is 2.76. The molecule has 0 fully saturated rings. The van der Waals surface area contributed by atoms with Crippen molar-refractivity contribution in [2.24, 2.45) is 0 Å². The Hall–Kier alpha value is -4.25. The number of rotatable bonds is 6. The molecule has 0 aromatic heterocycles. The van der Waals surface area contributed by atoms with Gasteiger partial charge in [-0.1, -0.05) is 30.3 Å². The standard InChI is InChI=1S/C25H18O5/c26-20-10-4-17(5-11-20)18-6-12-21(13-7-18)29-23-2-1-3-24(16-23)30-22-14-8-19(9-15-22)25(27)28/h1-16,26H,(H,27,28). The first-order valence-electron chi connectivity index (χ1n) is 9.25. The SMILES string of the molecule is O=C(O)c1ccc(Oc2cccc(Oc3ccc(-c4ccc(O)cc4)cc3)c2)cc1. The Labute approximate surface area is 173 Å². The molecule has 5 heteroatoms. The van der Waals surface area contributed by atoms with Crippen molar-refractivity contribution in [1.82, 2.24) is 0 Å².